The summed E-state index contributed by atoms with van der Waals surface area (Å²) in [4.78, 5) is 23.3. The first-order valence-electron chi connectivity index (χ1n) is 6.32. The highest BCUT2D eigenvalue weighted by molar-refractivity contribution is 5.96. The Kier molecular flexibility index (Phi) is 4.56. The summed E-state index contributed by atoms with van der Waals surface area (Å²) in [6, 6.07) is 13.6. The highest BCUT2D eigenvalue weighted by atomic mass is 16.5. The van der Waals surface area contributed by atoms with Gasteiger partial charge in [-0.15, -0.1) is 0 Å². The van der Waals surface area contributed by atoms with Crippen molar-refractivity contribution >= 4 is 11.9 Å². The molecule has 0 aromatic heterocycles. The predicted molar refractivity (Wildman–Crippen MR) is 74.7 cm³/mol. The number of hydrogen-bond acceptors (Lipinski definition) is 4. The van der Waals surface area contributed by atoms with Crippen molar-refractivity contribution in [2.75, 3.05) is 7.11 Å². The second kappa shape index (κ2) is 6.56. The van der Waals surface area contributed by atoms with Crippen molar-refractivity contribution in [3.8, 4) is 5.75 Å². The topological polar surface area (TPSA) is 78.5 Å². The first-order valence-corrected chi connectivity index (χ1v) is 6.32. The lowest BCUT2D eigenvalue weighted by Gasteiger charge is -2.20. The molecule has 0 radical (unpaired) electrons. The van der Waals surface area contributed by atoms with Crippen LogP contribution >= 0.6 is 0 Å². The van der Waals surface area contributed by atoms with Crippen molar-refractivity contribution in [3.63, 3.8) is 0 Å². The molecule has 1 atom stereocenters. The van der Waals surface area contributed by atoms with Crippen molar-refractivity contribution in [3.05, 3.63) is 65.7 Å². The van der Waals surface area contributed by atoms with Gasteiger partial charge in [0.15, 0.2) is 0 Å². The van der Waals surface area contributed by atoms with Crippen LogP contribution in [0.4, 0.5) is 0 Å². The van der Waals surface area contributed by atoms with Crippen LogP contribution in [0.2, 0.25) is 0 Å². The molecule has 0 fully saturated rings. The van der Waals surface area contributed by atoms with E-state index in [9.17, 15) is 14.7 Å². The molecule has 1 amide bonds. The van der Waals surface area contributed by atoms with E-state index >= 15 is 0 Å². The molecule has 0 spiro atoms. The monoisotopic (exact) mass is 284 g/mol. The van der Waals surface area contributed by atoms with Gasteiger partial charge in [-0.3, -0.25) is 4.79 Å². The Morgan fingerprint density at radius 3 is 2.19 bits per heavy atom. The summed E-state index contributed by atoms with van der Waals surface area (Å²) in [5.41, 5.74) is 0.803. The van der Waals surface area contributed by atoms with Gasteiger partial charge in [-0.25, -0.2) is 0 Å². The molecule has 108 valence electrons. The standard InChI is InChI=1S/C16H15NO4/c1-21-13-9-7-12(8-10-13)15(18)17-14(16(19)20)11-5-3-2-4-6-11/h2-10,14H,1H3,(H,17,18)(H,19,20)/p-1/t14-/m1/s1. The lowest BCUT2D eigenvalue weighted by atomic mass is 10.1. The van der Waals surface area contributed by atoms with Gasteiger partial charge in [0.1, 0.15) is 5.75 Å². The number of aliphatic carboxylic acids is 1. The third-order valence-electron chi connectivity index (χ3n) is 3.00. The maximum absolute atomic E-state index is 12.1. The Morgan fingerprint density at radius 2 is 1.67 bits per heavy atom. The number of nitrogens with one attached hydrogen (secondary N) is 1. The summed E-state index contributed by atoms with van der Waals surface area (Å²) in [7, 11) is 1.52. The van der Waals surface area contributed by atoms with E-state index in [4.69, 9.17) is 4.74 Å². The Labute approximate surface area is 122 Å². The fraction of sp³-hybridized carbons (Fsp3) is 0.125. The molecule has 2 aromatic rings. The molecule has 1 N–H and O–H groups in total. The molecule has 0 aliphatic rings. The van der Waals surface area contributed by atoms with Gasteiger partial charge in [0, 0.05) is 5.56 Å². The third-order valence-corrected chi connectivity index (χ3v) is 3.00. The van der Waals surface area contributed by atoms with Crippen molar-refractivity contribution < 1.29 is 19.4 Å². The summed E-state index contributed by atoms with van der Waals surface area (Å²) in [6.45, 7) is 0. The van der Waals surface area contributed by atoms with Gasteiger partial charge in [0.25, 0.3) is 5.91 Å². The van der Waals surface area contributed by atoms with E-state index in [-0.39, 0.29) is 0 Å². The molecular formula is C16H14NO4-. The van der Waals surface area contributed by atoms with Crippen LogP contribution in [0, 0.1) is 0 Å². The van der Waals surface area contributed by atoms with E-state index in [0.717, 1.165) is 0 Å². The SMILES string of the molecule is COc1ccc(C(=O)N[C@@H](C(=O)[O-])c2ccccc2)cc1. The fourth-order valence-corrected chi connectivity index (χ4v) is 1.88. The molecule has 0 saturated carbocycles. The van der Waals surface area contributed by atoms with Crippen molar-refractivity contribution in [1.82, 2.24) is 5.32 Å². The third kappa shape index (κ3) is 3.60. The quantitative estimate of drug-likeness (QED) is 0.885. The molecule has 0 aliphatic heterocycles. The molecule has 21 heavy (non-hydrogen) atoms. The molecule has 0 bridgehead atoms. The van der Waals surface area contributed by atoms with Crippen molar-refractivity contribution in [1.29, 1.82) is 0 Å². The summed E-state index contributed by atoms with van der Waals surface area (Å²) in [5, 5.41) is 13.7. The van der Waals surface area contributed by atoms with Gasteiger partial charge >= 0.3 is 0 Å². The molecule has 0 aliphatic carbocycles. The van der Waals surface area contributed by atoms with Gasteiger partial charge in [0.05, 0.1) is 19.1 Å². The van der Waals surface area contributed by atoms with Crippen molar-refractivity contribution in [2.45, 2.75) is 6.04 Å². The molecule has 0 saturated heterocycles. The average Bonchev–Trinajstić information content (AvgIpc) is 2.53. The van der Waals surface area contributed by atoms with Gasteiger partial charge in [-0.05, 0) is 29.8 Å². The number of ether oxygens (including phenoxy) is 1. The van der Waals surface area contributed by atoms with Crippen LogP contribution in [0.25, 0.3) is 0 Å². The largest absolute Gasteiger partial charge is 0.548 e. The fourth-order valence-electron chi connectivity index (χ4n) is 1.88. The average molecular weight is 284 g/mol. The van der Waals surface area contributed by atoms with E-state index in [1.807, 2.05) is 0 Å². The smallest absolute Gasteiger partial charge is 0.252 e. The molecular weight excluding hydrogens is 270 g/mol. The summed E-state index contributed by atoms with van der Waals surface area (Å²) < 4.78 is 5.00. The van der Waals surface area contributed by atoms with Crippen molar-refractivity contribution in [2.24, 2.45) is 0 Å². The number of methoxy groups -OCH3 is 1. The number of amides is 1. The number of carboxylic acid groups (broad SMARTS) is 1. The Balaban J connectivity index is 2.16. The zero-order valence-corrected chi connectivity index (χ0v) is 11.4. The maximum Gasteiger partial charge on any atom is 0.252 e. The van der Waals surface area contributed by atoms with Gasteiger partial charge in [0.2, 0.25) is 0 Å². The molecule has 2 rings (SSSR count). The number of carboxylic acids is 1. The number of carbonyl (C=O) groups excluding carboxylic acids is 2. The lowest BCUT2D eigenvalue weighted by molar-refractivity contribution is -0.308. The van der Waals surface area contributed by atoms with Crippen LogP contribution in [0.3, 0.4) is 0 Å². The minimum atomic E-state index is -1.36. The summed E-state index contributed by atoms with van der Waals surface area (Å²) in [6.07, 6.45) is 0. The van der Waals surface area contributed by atoms with Crippen LogP contribution in [0.15, 0.2) is 54.6 Å². The summed E-state index contributed by atoms with van der Waals surface area (Å²) >= 11 is 0. The summed E-state index contributed by atoms with van der Waals surface area (Å²) in [5.74, 6) is -1.23. The lowest BCUT2D eigenvalue weighted by Crippen LogP contribution is -2.41. The van der Waals surface area contributed by atoms with E-state index in [0.29, 0.717) is 16.9 Å². The Hall–Kier alpha value is -2.82. The molecule has 5 nitrogen and oxygen atoms in total. The van der Waals surface area contributed by atoms with Crippen LogP contribution in [-0.2, 0) is 4.79 Å². The van der Waals surface area contributed by atoms with Crippen LogP contribution in [0.1, 0.15) is 22.0 Å². The number of rotatable bonds is 5. The number of carbonyl (C=O) groups is 2. The molecule has 2 aromatic carbocycles. The predicted octanol–water partition coefficient (Wildman–Crippen LogP) is 0.916. The Bertz CT molecular complexity index is 622. The highest BCUT2D eigenvalue weighted by Crippen LogP contribution is 2.15. The Morgan fingerprint density at radius 1 is 1.05 bits per heavy atom. The minimum Gasteiger partial charge on any atom is -0.548 e. The second-order valence-electron chi connectivity index (χ2n) is 4.36. The number of benzene rings is 2. The second-order valence-corrected chi connectivity index (χ2v) is 4.36. The first-order chi connectivity index (χ1) is 10.1. The van der Waals surface area contributed by atoms with Gasteiger partial charge in [-0.1, -0.05) is 30.3 Å². The van der Waals surface area contributed by atoms with E-state index < -0.39 is 17.9 Å². The van der Waals surface area contributed by atoms with E-state index in [2.05, 4.69) is 5.32 Å². The normalized spacial score (nSPS) is 11.5. The van der Waals surface area contributed by atoms with Gasteiger partial charge < -0.3 is 20.0 Å². The van der Waals surface area contributed by atoms with E-state index in [1.54, 1.807) is 54.6 Å². The van der Waals surface area contributed by atoms with Crippen LogP contribution in [0.5, 0.6) is 5.75 Å². The van der Waals surface area contributed by atoms with Crippen LogP contribution < -0.4 is 15.2 Å². The highest BCUT2D eigenvalue weighted by Gasteiger charge is 2.16. The minimum absolute atomic E-state index is 0.345. The molecule has 0 heterocycles. The van der Waals surface area contributed by atoms with E-state index in [1.165, 1.54) is 7.11 Å². The zero-order chi connectivity index (χ0) is 15.2. The van der Waals surface area contributed by atoms with Gasteiger partial charge in [-0.2, -0.15) is 0 Å². The molecule has 0 unspecified atom stereocenters. The first kappa shape index (κ1) is 14.6. The maximum atomic E-state index is 12.1. The molecule has 5 heteroatoms. The van der Waals surface area contributed by atoms with Crippen LogP contribution in [-0.4, -0.2) is 19.0 Å². The zero-order valence-electron chi connectivity index (χ0n) is 11.4. The number of hydrogen-bond donors (Lipinski definition) is 1.